The number of anilines is 2. The van der Waals surface area contributed by atoms with E-state index < -0.39 is 0 Å². The maximum Gasteiger partial charge on any atom is 0.292 e. The third kappa shape index (κ3) is 2.99. The molecule has 1 atom stereocenters. The first-order valence-corrected chi connectivity index (χ1v) is 7.39. The quantitative estimate of drug-likeness (QED) is 0.644. The van der Waals surface area contributed by atoms with Crippen LogP contribution >= 0.6 is 0 Å². The number of aryl methyl sites for hydroxylation is 1. The molecule has 1 amide bonds. The molecule has 6 nitrogen and oxygen atoms in total. The van der Waals surface area contributed by atoms with Crippen LogP contribution in [0.3, 0.4) is 0 Å². The van der Waals surface area contributed by atoms with Gasteiger partial charge >= 0.3 is 0 Å². The summed E-state index contributed by atoms with van der Waals surface area (Å²) >= 11 is 0. The molecule has 2 aliphatic rings. The molecule has 0 saturated heterocycles. The Balaban J connectivity index is 1.84. The van der Waals surface area contributed by atoms with Crippen molar-refractivity contribution in [3.8, 4) is 0 Å². The standard InChI is InChI=1S/C15H19N3O3/c1-9(10-2-3-10)8-16-13-7-12-11(4-5-15(19)17-12)6-14(13)18(20)21/h6-7,9-10,16H,2-5,8H2,1H3,(H,17,19). The zero-order chi connectivity index (χ0) is 15.0. The summed E-state index contributed by atoms with van der Waals surface area (Å²) in [6.45, 7) is 2.88. The van der Waals surface area contributed by atoms with Gasteiger partial charge in [-0.3, -0.25) is 14.9 Å². The minimum absolute atomic E-state index is 0.0337. The number of nitro groups is 1. The highest BCUT2D eigenvalue weighted by Crippen LogP contribution is 2.38. The lowest BCUT2D eigenvalue weighted by molar-refractivity contribution is -0.384. The smallest absolute Gasteiger partial charge is 0.292 e. The lowest BCUT2D eigenvalue weighted by Gasteiger charge is -2.19. The molecule has 112 valence electrons. The van der Waals surface area contributed by atoms with E-state index in [-0.39, 0.29) is 16.5 Å². The molecule has 21 heavy (non-hydrogen) atoms. The van der Waals surface area contributed by atoms with Crippen molar-refractivity contribution >= 4 is 23.0 Å². The normalized spacial score (nSPS) is 18.6. The number of nitro benzene ring substituents is 1. The van der Waals surface area contributed by atoms with Gasteiger partial charge in [-0.1, -0.05) is 6.92 Å². The first-order valence-electron chi connectivity index (χ1n) is 7.39. The lowest BCUT2D eigenvalue weighted by Crippen LogP contribution is -2.20. The molecule has 1 saturated carbocycles. The molecule has 1 aromatic carbocycles. The average Bonchev–Trinajstić information content (AvgIpc) is 3.28. The summed E-state index contributed by atoms with van der Waals surface area (Å²) in [5, 5.41) is 17.2. The van der Waals surface area contributed by atoms with Crippen molar-refractivity contribution in [3.63, 3.8) is 0 Å². The molecule has 0 spiro atoms. The number of hydrogen-bond donors (Lipinski definition) is 2. The van der Waals surface area contributed by atoms with Gasteiger partial charge < -0.3 is 10.6 Å². The second-order valence-corrected chi connectivity index (χ2v) is 6.03. The SMILES string of the molecule is CC(CNc1cc2c(cc1[N+](=O)[O-])CCC(=O)N2)C1CC1. The predicted molar refractivity (Wildman–Crippen MR) is 80.4 cm³/mol. The summed E-state index contributed by atoms with van der Waals surface area (Å²) in [6, 6.07) is 3.28. The first kappa shape index (κ1) is 13.9. The molecule has 6 heteroatoms. The van der Waals surface area contributed by atoms with Gasteiger partial charge in [0.1, 0.15) is 5.69 Å². The van der Waals surface area contributed by atoms with Crippen LogP contribution in [0.4, 0.5) is 17.1 Å². The molecule has 1 aliphatic heterocycles. The Morgan fingerprint density at radius 1 is 1.43 bits per heavy atom. The second kappa shape index (κ2) is 5.35. The van der Waals surface area contributed by atoms with E-state index in [9.17, 15) is 14.9 Å². The minimum Gasteiger partial charge on any atom is -0.379 e. The highest BCUT2D eigenvalue weighted by atomic mass is 16.6. The van der Waals surface area contributed by atoms with Gasteiger partial charge in [0.05, 0.1) is 4.92 Å². The third-order valence-corrected chi connectivity index (χ3v) is 4.35. The van der Waals surface area contributed by atoms with Crippen molar-refractivity contribution in [2.75, 3.05) is 17.2 Å². The van der Waals surface area contributed by atoms with Crippen LogP contribution in [-0.4, -0.2) is 17.4 Å². The topological polar surface area (TPSA) is 84.3 Å². The molecule has 0 bridgehead atoms. The number of fused-ring (bicyclic) bond motifs is 1. The van der Waals surface area contributed by atoms with E-state index in [1.165, 1.54) is 12.8 Å². The lowest BCUT2D eigenvalue weighted by atomic mass is 10.0. The molecule has 1 aliphatic carbocycles. The largest absolute Gasteiger partial charge is 0.379 e. The van der Waals surface area contributed by atoms with E-state index in [1.54, 1.807) is 12.1 Å². The van der Waals surface area contributed by atoms with Crippen molar-refractivity contribution in [1.29, 1.82) is 0 Å². The van der Waals surface area contributed by atoms with Crippen LogP contribution in [0.2, 0.25) is 0 Å². The van der Waals surface area contributed by atoms with Crippen LogP contribution in [0, 0.1) is 22.0 Å². The second-order valence-electron chi connectivity index (χ2n) is 6.03. The van der Waals surface area contributed by atoms with E-state index in [2.05, 4.69) is 17.6 Å². The molecular weight excluding hydrogens is 270 g/mol. The first-order chi connectivity index (χ1) is 10.0. The van der Waals surface area contributed by atoms with E-state index in [1.807, 2.05) is 0 Å². The highest BCUT2D eigenvalue weighted by Gasteiger charge is 2.28. The van der Waals surface area contributed by atoms with Crippen LogP contribution in [0.1, 0.15) is 31.7 Å². The summed E-state index contributed by atoms with van der Waals surface area (Å²) in [6.07, 6.45) is 3.45. The summed E-state index contributed by atoms with van der Waals surface area (Å²) in [7, 11) is 0. The number of rotatable bonds is 5. The molecule has 1 fully saturated rings. The van der Waals surface area contributed by atoms with Gasteiger partial charge in [-0.15, -0.1) is 0 Å². The number of carbonyl (C=O) groups is 1. The van der Waals surface area contributed by atoms with Gasteiger partial charge in [0.2, 0.25) is 5.91 Å². The summed E-state index contributed by atoms with van der Waals surface area (Å²) < 4.78 is 0. The molecule has 1 heterocycles. The number of amides is 1. The zero-order valence-corrected chi connectivity index (χ0v) is 12.0. The molecule has 0 aromatic heterocycles. The monoisotopic (exact) mass is 289 g/mol. The molecule has 3 rings (SSSR count). The van der Waals surface area contributed by atoms with Crippen molar-refractivity contribution < 1.29 is 9.72 Å². The molecule has 2 N–H and O–H groups in total. The summed E-state index contributed by atoms with van der Waals surface area (Å²) in [5.74, 6) is 1.22. The van der Waals surface area contributed by atoms with Crippen molar-refractivity contribution in [2.24, 2.45) is 11.8 Å². The van der Waals surface area contributed by atoms with Gasteiger partial charge in [-0.25, -0.2) is 0 Å². The summed E-state index contributed by atoms with van der Waals surface area (Å²) in [4.78, 5) is 22.3. The number of nitrogens with one attached hydrogen (secondary N) is 2. The van der Waals surface area contributed by atoms with Crippen molar-refractivity contribution in [1.82, 2.24) is 0 Å². The average molecular weight is 289 g/mol. The van der Waals surface area contributed by atoms with Gasteiger partial charge in [0, 0.05) is 24.7 Å². The molecule has 0 radical (unpaired) electrons. The zero-order valence-electron chi connectivity index (χ0n) is 12.0. The fraction of sp³-hybridized carbons (Fsp3) is 0.533. The van der Waals surface area contributed by atoms with Crippen LogP contribution in [0.15, 0.2) is 12.1 Å². The fourth-order valence-corrected chi connectivity index (χ4v) is 2.81. The van der Waals surface area contributed by atoms with Crippen LogP contribution in [0.25, 0.3) is 0 Å². The van der Waals surface area contributed by atoms with Crippen LogP contribution in [0.5, 0.6) is 0 Å². The predicted octanol–water partition coefficient (Wildman–Crippen LogP) is 2.94. The number of benzene rings is 1. The third-order valence-electron chi connectivity index (χ3n) is 4.35. The van der Waals surface area contributed by atoms with E-state index in [0.29, 0.717) is 30.1 Å². The minimum atomic E-state index is -0.360. The van der Waals surface area contributed by atoms with E-state index in [4.69, 9.17) is 0 Å². The maximum atomic E-state index is 11.5. The van der Waals surface area contributed by atoms with E-state index >= 15 is 0 Å². The highest BCUT2D eigenvalue weighted by molar-refractivity contribution is 5.95. The Kier molecular flexibility index (Phi) is 3.53. The van der Waals surface area contributed by atoms with Gasteiger partial charge in [-0.05, 0) is 42.7 Å². The van der Waals surface area contributed by atoms with Gasteiger partial charge in [0.15, 0.2) is 0 Å². The number of carbonyl (C=O) groups excluding carboxylic acids is 1. The van der Waals surface area contributed by atoms with Gasteiger partial charge in [0.25, 0.3) is 5.69 Å². The van der Waals surface area contributed by atoms with E-state index in [0.717, 1.165) is 18.0 Å². The fourth-order valence-electron chi connectivity index (χ4n) is 2.81. The van der Waals surface area contributed by atoms with Crippen molar-refractivity contribution in [3.05, 3.63) is 27.8 Å². The number of hydrogen-bond acceptors (Lipinski definition) is 4. The van der Waals surface area contributed by atoms with Crippen LogP contribution in [-0.2, 0) is 11.2 Å². The Morgan fingerprint density at radius 2 is 2.19 bits per heavy atom. The Hall–Kier alpha value is -2.11. The molecule has 1 aromatic rings. The van der Waals surface area contributed by atoms with Crippen molar-refractivity contribution in [2.45, 2.75) is 32.6 Å². The molecular formula is C15H19N3O3. The number of nitrogens with zero attached hydrogens (tertiary/aromatic N) is 1. The maximum absolute atomic E-state index is 11.5. The van der Waals surface area contributed by atoms with Crippen LogP contribution < -0.4 is 10.6 Å². The molecule has 1 unspecified atom stereocenters. The Morgan fingerprint density at radius 3 is 2.86 bits per heavy atom. The Bertz CT molecular complexity index is 596. The van der Waals surface area contributed by atoms with Gasteiger partial charge in [-0.2, -0.15) is 0 Å². The summed E-state index contributed by atoms with van der Waals surface area (Å²) in [5.41, 5.74) is 2.11. The Labute approximate surface area is 123 Å².